The van der Waals surface area contributed by atoms with Crippen molar-refractivity contribution in [1.82, 2.24) is 41.7 Å². The molecule has 6 rings (SSSR count). The van der Waals surface area contributed by atoms with Crippen molar-refractivity contribution in [3.05, 3.63) is 71.8 Å². The minimum atomic E-state index is -0.639. The zero-order valence-electron chi connectivity index (χ0n) is 44.4. The van der Waals surface area contributed by atoms with Crippen molar-refractivity contribution in [3.63, 3.8) is 0 Å². The predicted octanol–water partition coefficient (Wildman–Crippen LogP) is 6.30. The van der Waals surface area contributed by atoms with Gasteiger partial charge in [-0.1, -0.05) is 125 Å². The number of likely N-dealkylation sites (N-methyl/N-ethyl adjacent to an activating group) is 2. The molecule has 4 fully saturated rings. The molecule has 0 bridgehead atoms. The molecule has 16 heteroatoms. The summed E-state index contributed by atoms with van der Waals surface area (Å²) in [5.74, 6) is -1.09. The summed E-state index contributed by atoms with van der Waals surface area (Å²) in [5.41, 5.74) is 1.93. The first-order chi connectivity index (χ1) is 35.5. The van der Waals surface area contributed by atoms with Gasteiger partial charge in [0.25, 0.3) is 0 Å². The van der Waals surface area contributed by atoms with E-state index in [0.717, 1.165) is 94.6 Å². The molecule has 0 spiro atoms. The molecule has 6 N–H and O–H groups in total. The molecule has 0 saturated carbocycles. The molecule has 2 aromatic rings. The van der Waals surface area contributed by atoms with Gasteiger partial charge in [-0.25, -0.2) is 0 Å². The van der Waals surface area contributed by atoms with Crippen LogP contribution in [0.5, 0.6) is 0 Å². The van der Waals surface area contributed by atoms with E-state index in [1.165, 1.54) is 25.7 Å². The molecule has 2 aromatic carbocycles. The molecule has 4 aliphatic rings. The van der Waals surface area contributed by atoms with Gasteiger partial charge in [0, 0.05) is 25.3 Å². The van der Waals surface area contributed by atoms with Crippen molar-refractivity contribution in [2.24, 2.45) is 0 Å². The van der Waals surface area contributed by atoms with Gasteiger partial charge < -0.3 is 51.2 Å². The van der Waals surface area contributed by atoms with Crippen molar-refractivity contribution >= 4 is 35.4 Å². The summed E-state index contributed by atoms with van der Waals surface area (Å²) < 4.78 is 12.4. The SMILES string of the molecule is CN[C@@H](C)C(=O)N[C@H]1CCCC[C@H]2CC[C@@H](C(=O)N[C@H](COCCCCCCCCCCCCOC[C@@H](NC(=O)[C@@H]3CC[C@@H]4CCC[C@H](NC(=O)[C@H](C)NC)C(=O)N43)c3ccccc3)c3ccccc3)N2C1=O. The topological polar surface area (TPSA) is 200 Å². The molecule has 404 valence electrons. The first-order valence-corrected chi connectivity index (χ1v) is 28.0. The van der Waals surface area contributed by atoms with Crippen molar-refractivity contribution in [2.45, 2.75) is 209 Å². The van der Waals surface area contributed by atoms with E-state index in [0.29, 0.717) is 52.1 Å². The zero-order valence-corrected chi connectivity index (χ0v) is 44.4. The molecule has 0 unspecified atom stereocenters. The van der Waals surface area contributed by atoms with Crippen molar-refractivity contribution in [3.8, 4) is 0 Å². The second-order valence-corrected chi connectivity index (χ2v) is 21.0. The van der Waals surface area contributed by atoms with Crippen LogP contribution in [-0.4, -0.2) is 134 Å². The summed E-state index contributed by atoms with van der Waals surface area (Å²) >= 11 is 0. The average molecular weight is 1010 g/mol. The number of nitrogens with zero attached hydrogens (tertiary/aromatic N) is 2. The lowest BCUT2D eigenvalue weighted by Gasteiger charge is -2.36. The Bertz CT molecular complexity index is 2030. The number of amides is 6. The summed E-state index contributed by atoms with van der Waals surface area (Å²) in [6.45, 7) is 5.45. The Labute approximate surface area is 435 Å². The van der Waals surface area contributed by atoms with E-state index in [2.05, 4.69) is 31.9 Å². The molecule has 4 saturated heterocycles. The van der Waals surface area contributed by atoms with Gasteiger partial charge in [0.05, 0.1) is 37.4 Å². The molecule has 0 aromatic heterocycles. The summed E-state index contributed by atoms with van der Waals surface area (Å²) in [5, 5.41) is 18.2. The average Bonchev–Trinajstić information content (AvgIpc) is 4.00. The zero-order chi connectivity index (χ0) is 52.0. The molecule has 10 atom stereocenters. The maximum absolute atomic E-state index is 14.0. The predicted molar refractivity (Wildman–Crippen MR) is 283 cm³/mol. The molecule has 73 heavy (non-hydrogen) atoms. The molecular formula is C57H88N8O8. The quantitative estimate of drug-likeness (QED) is 0.0503. The smallest absolute Gasteiger partial charge is 0.246 e. The maximum Gasteiger partial charge on any atom is 0.246 e. The maximum atomic E-state index is 14.0. The van der Waals surface area contributed by atoms with E-state index in [9.17, 15) is 28.8 Å². The Morgan fingerprint density at radius 3 is 1.29 bits per heavy atom. The van der Waals surface area contributed by atoms with Crippen molar-refractivity contribution in [1.29, 1.82) is 0 Å². The molecular weight excluding hydrogens is 925 g/mol. The lowest BCUT2D eigenvalue weighted by molar-refractivity contribution is -0.144. The van der Waals surface area contributed by atoms with E-state index >= 15 is 0 Å². The van der Waals surface area contributed by atoms with Crippen LogP contribution in [0.25, 0.3) is 0 Å². The standard InChI is InChI=1S/C57H88N8O8/c1-40(58-3)52(66)60-46-30-20-19-28-44-32-34-50(64(44)56(46)70)54(68)62-48(42-24-15-13-16-25-42)38-72-36-21-11-9-7-5-6-8-10-12-22-37-73-39-49(43-26-17-14-18-27-43)63-55(69)51-35-33-45-29-23-31-47(57(71)65(45)51)61-53(67)41(2)59-4/h13-18,24-27,40-41,44-51,58-59H,5-12,19-23,28-39H2,1-4H3,(H,60,66)(H,61,67)(H,62,68)(H,63,69)/t40-,41-,44-,45-,46-,47-,48+,49+,50-,51-/m0/s1. The summed E-state index contributed by atoms with van der Waals surface area (Å²) in [6.07, 6.45) is 19.4. The number of carbonyl (C=O) groups is 6. The van der Waals surface area contributed by atoms with Crippen LogP contribution < -0.4 is 31.9 Å². The number of nitrogens with one attached hydrogen (secondary N) is 6. The molecule has 0 aliphatic carbocycles. The number of carbonyl (C=O) groups excluding carboxylic acids is 6. The second kappa shape index (κ2) is 30.5. The number of hydrogen-bond acceptors (Lipinski definition) is 10. The van der Waals surface area contributed by atoms with Crippen LogP contribution in [0.15, 0.2) is 60.7 Å². The highest BCUT2D eigenvalue weighted by Crippen LogP contribution is 2.34. The highest BCUT2D eigenvalue weighted by Gasteiger charge is 2.46. The Morgan fingerprint density at radius 1 is 0.507 bits per heavy atom. The Hall–Kier alpha value is -4.90. The lowest BCUT2D eigenvalue weighted by Crippen LogP contribution is -2.58. The van der Waals surface area contributed by atoms with Gasteiger partial charge in [-0.3, -0.25) is 28.8 Å². The Kier molecular flexibility index (Phi) is 23.9. The summed E-state index contributed by atoms with van der Waals surface area (Å²) in [7, 11) is 3.43. The monoisotopic (exact) mass is 1010 g/mol. The van der Waals surface area contributed by atoms with Crippen LogP contribution in [0.3, 0.4) is 0 Å². The first kappa shape index (κ1) is 57.4. The Morgan fingerprint density at radius 2 is 0.877 bits per heavy atom. The van der Waals surface area contributed by atoms with Crippen LogP contribution in [-0.2, 0) is 38.2 Å². The van der Waals surface area contributed by atoms with Crippen molar-refractivity contribution < 1.29 is 38.2 Å². The summed E-state index contributed by atoms with van der Waals surface area (Å²) in [4.78, 5) is 84.7. The minimum Gasteiger partial charge on any atom is -0.379 e. The van der Waals surface area contributed by atoms with E-state index in [-0.39, 0.29) is 59.6 Å². The van der Waals surface area contributed by atoms with Crippen LogP contribution in [0, 0.1) is 0 Å². The minimum absolute atomic E-state index is 0.00209. The van der Waals surface area contributed by atoms with E-state index in [1.54, 1.807) is 37.7 Å². The van der Waals surface area contributed by atoms with Crippen LogP contribution in [0.1, 0.15) is 172 Å². The van der Waals surface area contributed by atoms with Crippen LogP contribution in [0.2, 0.25) is 0 Å². The fourth-order valence-corrected chi connectivity index (χ4v) is 11.1. The number of fused-ring (bicyclic) bond motifs is 2. The van der Waals surface area contributed by atoms with Gasteiger partial charge in [-0.05, 0) is 110 Å². The fourth-order valence-electron chi connectivity index (χ4n) is 11.1. The number of ether oxygens (including phenoxy) is 2. The fraction of sp³-hybridized carbons (Fsp3) is 0.684. The largest absolute Gasteiger partial charge is 0.379 e. The van der Waals surface area contributed by atoms with Gasteiger partial charge in [-0.2, -0.15) is 0 Å². The van der Waals surface area contributed by atoms with Crippen LogP contribution >= 0.6 is 0 Å². The second-order valence-electron chi connectivity index (χ2n) is 21.0. The first-order valence-electron chi connectivity index (χ1n) is 28.0. The normalized spacial score (nSPS) is 23.7. The van der Waals surface area contributed by atoms with Gasteiger partial charge >= 0.3 is 0 Å². The number of hydrogen-bond donors (Lipinski definition) is 6. The number of benzene rings is 2. The molecule has 4 aliphatic heterocycles. The van der Waals surface area contributed by atoms with Gasteiger partial charge in [0.2, 0.25) is 35.4 Å². The highest BCUT2D eigenvalue weighted by molar-refractivity contribution is 5.95. The molecule has 16 nitrogen and oxygen atoms in total. The molecule has 6 amide bonds. The third kappa shape index (κ3) is 17.1. The van der Waals surface area contributed by atoms with Crippen molar-refractivity contribution in [2.75, 3.05) is 40.5 Å². The van der Waals surface area contributed by atoms with Gasteiger partial charge in [-0.15, -0.1) is 0 Å². The highest BCUT2D eigenvalue weighted by atomic mass is 16.5. The lowest BCUT2D eigenvalue weighted by atomic mass is 9.98. The van der Waals surface area contributed by atoms with E-state index < -0.39 is 36.3 Å². The third-order valence-corrected chi connectivity index (χ3v) is 15.7. The van der Waals surface area contributed by atoms with E-state index in [4.69, 9.17) is 9.47 Å². The molecule has 0 radical (unpaired) electrons. The van der Waals surface area contributed by atoms with Crippen LogP contribution in [0.4, 0.5) is 0 Å². The summed E-state index contributed by atoms with van der Waals surface area (Å²) in [6, 6.07) is 15.8. The number of unbranched alkanes of at least 4 members (excludes halogenated alkanes) is 9. The Balaban J connectivity index is 0.837. The molecule has 4 heterocycles. The van der Waals surface area contributed by atoms with Gasteiger partial charge in [0.15, 0.2) is 0 Å². The van der Waals surface area contributed by atoms with E-state index in [1.807, 2.05) is 60.7 Å². The third-order valence-electron chi connectivity index (χ3n) is 15.7. The number of rotatable bonds is 29. The van der Waals surface area contributed by atoms with Gasteiger partial charge in [0.1, 0.15) is 24.2 Å².